The van der Waals surface area contributed by atoms with Gasteiger partial charge in [0.25, 0.3) is 0 Å². The van der Waals surface area contributed by atoms with Gasteiger partial charge in [0.15, 0.2) is 8.32 Å². The molecule has 1 aromatic rings. The lowest BCUT2D eigenvalue weighted by Gasteiger charge is -2.44. The van der Waals surface area contributed by atoms with Gasteiger partial charge in [0.05, 0.1) is 0 Å². The molecule has 0 aromatic heterocycles. The molecule has 1 N–H and O–H groups in total. The maximum Gasteiger partial charge on any atom is 0.342 e. The van der Waals surface area contributed by atoms with Crippen molar-refractivity contribution in [1.82, 2.24) is 0 Å². The number of benzene rings is 1. The van der Waals surface area contributed by atoms with Gasteiger partial charge >= 0.3 is 5.97 Å². The monoisotopic (exact) mass is 376 g/mol. The fraction of sp³-hybridized carbons (Fsp3) is 0.571. The number of rotatable bonds is 5. The first kappa shape index (κ1) is 20.7. The first-order valence-corrected chi connectivity index (χ1v) is 12.1. The summed E-state index contributed by atoms with van der Waals surface area (Å²) in [6, 6.07) is 3.74. The van der Waals surface area contributed by atoms with Crippen LogP contribution in [0.3, 0.4) is 0 Å². The Kier molecular flexibility index (Phi) is 5.73. The maximum atomic E-state index is 12.6. The molecule has 1 heterocycles. The molecular formula is C21H32O4Si. The number of aromatic hydroxyl groups is 1. The highest BCUT2D eigenvalue weighted by molar-refractivity contribution is 6.74. The predicted octanol–water partition coefficient (Wildman–Crippen LogP) is 5.51. The molecule has 26 heavy (non-hydrogen) atoms. The van der Waals surface area contributed by atoms with Crippen LogP contribution in [-0.4, -0.2) is 25.5 Å². The van der Waals surface area contributed by atoms with Crippen molar-refractivity contribution < 1.29 is 19.1 Å². The quantitative estimate of drug-likeness (QED) is 0.418. The van der Waals surface area contributed by atoms with Crippen LogP contribution in [-0.2, 0) is 9.16 Å². The third kappa shape index (κ3) is 3.74. The molecule has 1 aromatic carbocycles. The smallest absolute Gasteiger partial charge is 0.342 e. The molecule has 0 radical (unpaired) electrons. The molecule has 0 amide bonds. The number of allylic oxidation sites excluding steroid dienone is 1. The second-order valence-electron chi connectivity index (χ2n) is 8.87. The van der Waals surface area contributed by atoms with Gasteiger partial charge in [-0.15, -0.1) is 6.58 Å². The molecule has 2 rings (SSSR count). The van der Waals surface area contributed by atoms with E-state index in [-0.39, 0.29) is 28.4 Å². The Morgan fingerprint density at radius 2 is 2.00 bits per heavy atom. The number of phenols is 1. The zero-order valence-corrected chi connectivity index (χ0v) is 18.1. The Labute approximate surface area is 158 Å². The number of hydrogen-bond donors (Lipinski definition) is 1. The van der Waals surface area contributed by atoms with Crippen LogP contribution in [0.2, 0.25) is 18.1 Å². The lowest BCUT2D eigenvalue weighted by molar-refractivity contribution is -0.0456. The number of hydrogen-bond acceptors (Lipinski definition) is 4. The first-order valence-electron chi connectivity index (χ1n) is 9.23. The molecule has 1 aliphatic heterocycles. The summed E-state index contributed by atoms with van der Waals surface area (Å²) in [5, 5.41) is 10.5. The summed E-state index contributed by atoms with van der Waals surface area (Å²) in [5.41, 5.74) is 1.63. The van der Waals surface area contributed by atoms with Crippen molar-refractivity contribution in [3.8, 4) is 5.75 Å². The van der Waals surface area contributed by atoms with E-state index in [4.69, 9.17) is 9.16 Å². The van der Waals surface area contributed by atoms with Crippen molar-refractivity contribution >= 4 is 14.3 Å². The fourth-order valence-corrected chi connectivity index (χ4v) is 4.27. The van der Waals surface area contributed by atoms with Gasteiger partial charge < -0.3 is 14.3 Å². The van der Waals surface area contributed by atoms with E-state index in [1.807, 2.05) is 25.1 Å². The maximum absolute atomic E-state index is 12.6. The van der Waals surface area contributed by atoms with E-state index < -0.39 is 20.4 Å². The molecule has 4 nitrogen and oxygen atoms in total. The molecular weight excluding hydrogens is 344 g/mol. The predicted molar refractivity (Wildman–Crippen MR) is 107 cm³/mol. The molecule has 0 saturated carbocycles. The topological polar surface area (TPSA) is 55.8 Å². The summed E-state index contributed by atoms with van der Waals surface area (Å²) in [4.78, 5) is 12.6. The molecule has 0 unspecified atom stereocenters. The van der Waals surface area contributed by atoms with Gasteiger partial charge in [-0.1, -0.05) is 45.9 Å². The lowest BCUT2D eigenvalue weighted by Crippen LogP contribution is -2.47. The van der Waals surface area contributed by atoms with Crippen LogP contribution in [0.15, 0.2) is 24.8 Å². The van der Waals surface area contributed by atoms with E-state index in [1.165, 1.54) is 0 Å². The molecule has 0 aliphatic carbocycles. The highest BCUT2D eigenvalue weighted by atomic mass is 28.4. The number of fused-ring (bicyclic) bond motifs is 1. The summed E-state index contributed by atoms with van der Waals surface area (Å²) in [6.45, 7) is 18.6. The van der Waals surface area contributed by atoms with Crippen molar-refractivity contribution in [2.45, 2.75) is 71.4 Å². The summed E-state index contributed by atoms with van der Waals surface area (Å²) in [5.74, 6) is -0.411. The minimum Gasteiger partial charge on any atom is -0.507 e. The lowest BCUT2D eigenvalue weighted by atomic mass is 9.87. The Hall–Kier alpha value is -1.59. The molecule has 0 spiro atoms. The largest absolute Gasteiger partial charge is 0.507 e. The van der Waals surface area contributed by atoms with Crippen LogP contribution in [0.5, 0.6) is 5.75 Å². The van der Waals surface area contributed by atoms with E-state index >= 15 is 0 Å². The summed E-state index contributed by atoms with van der Waals surface area (Å²) in [6.07, 6.45) is 1.78. The molecule has 0 saturated heterocycles. The molecule has 5 heteroatoms. The van der Waals surface area contributed by atoms with E-state index in [1.54, 1.807) is 6.92 Å². The summed E-state index contributed by atoms with van der Waals surface area (Å²) >= 11 is 0. The van der Waals surface area contributed by atoms with Crippen LogP contribution in [0.25, 0.3) is 0 Å². The molecule has 0 bridgehead atoms. The van der Waals surface area contributed by atoms with E-state index in [0.29, 0.717) is 5.56 Å². The van der Waals surface area contributed by atoms with E-state index in [0.717, 1.165) is 12.0 Å². The second-order valence-corrected chi connectivity index (χ2v) is 13.6. The number of ether oxygens (including phenoxy) is 1. The third-order valence-electron chi connectivity index (χ3n) is 5.79. The molecule has 144 valence electrons. The van der Waals surface area contributed by atoms with Crippen LogP contribution < -0.4 is 0 Å². The zero-order chi connectivity index (χ0) is 19.9. The van der Waals surface area contributed by atoms with Gasteiger partial charge in [0, 0.05) is 5.56 Å². The second kappa shape index (κ2) is 7.20. The molecule has 3 atom stereocenters. The Balaban J connectivity index is 2.57. The van der Waals surface area contributed by atoms with E-state index in [9.17, 15) is 9.90 Å². The fourth-order valence-electron chi connectivity index (χ4n) is 3.02. The van der Waals surface area contributed by atoms with Crippen LogP contribution >= 0.6 is 0 Å². The van der Waals surface area contributed by atoms with Gasteiger partial charge in [-0.25, -0.2) is 4.79 Å². The zero-order valence-electron chi connectivity index (χ0n) is 17.1. The molecule has 0 fully saturated rings. The number of carbonyl (C=O) groups excluding carboxylic acids is 1. The molecule has 1 aliphatic rings. The van der Waals surface area contributed by atoms with Crippen molar-refractivity contribution in [1.29, 1.82) is 0 Å². The van der Waals surface area contributed by atoms with Gasteiger partial charge in [0.2, 0.25) is 0 Å². The van der Waals surface area contributed by atoms with Gasteiger partial charge in [-0.3, -0.25) is 0 Å². The number of cyclic esters (lactones) is 1. The summed E-state index contributed by atoms with van der Waals surface area (Å²) < 4.78 is 12.5. The van der Waals surface area contributed by atoms with Crippen molar-refractivity contribution in [3.63, 3.8) is 0 Å². The third-order valence-corrected chi connectivity index (χ3v) is 10.2. The SMILES string of the molecule is C=CC[C@@H](C)[C@H]1OC(=O)c2c(ccc(C)c2O)[C@@H]1O[Si](C)(C)C(C)(C)C. The minimum absolute atomic E-state index is 0.00819. The number of carbonyl (C=O) groups is 1. The average Bonchev–Trinajstić information content (AvgIpc) is 2.51. The Bertz CT molecular complexity index is 703. The van der Waals surface area contributed by atoms with E-state index in [2.05, 4.69) is 40.4 Å². The van der Waals surface area contributed by atoms with Crippen LogP contribution in [0.4, 0.5) is 0 Å². The van der Waals surface area contributed by atoms with Gasteiger partial charge in [-0.05, 0) is 43.0 Å². The van der Waals surface area contributed by atoms with Gasteiger partial charge in [-0.2, -0.15) is 0 Å². The highest BCUT2D eigenvalue weighted by Crippen LogP contribution is 2.46. The Morgan fingerprint density at radius 3 is 2.54 bits per heavy atom. The normalized spacial score (nSPS) is 21.7. The van der Waals surface area contributed by atoms with Crippen LogP contribution in [0, 0.1) is 12.8 Å². The van der Waals surface area contributed by atoms with Gasteiger partial charge in [0.1, 0.15) is 23.5 Å². The highest BCUT2D eigenvalue weighted by Gasteiger charge is 2.46. The number of aryl methyl sites for hydroxylation is 1. The first-order chi connectivity index (χ1) is 11.9. The van der Waals surface area contributed by atoms with Crippen molar-refractivity contribution in [3.05, 3.63) is 41.5 Å². The van der Waals surface area contributed by atoms with Crippen LogP contribution in [0.1, 0.15) is 61.7 Å². The standard InChI is InChI=1S/C21H32O4Si/c1-9-10-14(3)18-19(25-26(7,8)21(4,5)6)15-12-11-13(2)17(22)16(15)20(23)24-18/h9,11-12,14,18-19,22H,1,10H2,2-8H3/t14-,18-,19+/m1/s1. The number of esters is 1. The number of phenolic OH excluding ortho intramolecular Hbond substituents is 1. The van der Waals surface area contributed by atoms with Crippen molar-refractivity contribution in [2.24, 2.45) is 5.92 Å². The minimum atomic E-state index is -2.12. The average molecular weight is 377 g/mol. The summed E-state index contributed by atoms with van der Waals surface area (Å²) in [7, 11) is -2.12. The van der Waals surface area contributed by atoms with Crippen molar-refractivity contribution in [2.75, 3.05) is 0 Å². The Morgan fingerprint density at radius 1 is 1.38 bits per heavy atom.